The maximum absolute atomic E-state index is 10.3. The van der Waals surface area contributed by atoms with E-state index in [1.54, 1.807) is 35.4 Å². The Morgan fingerprint density at radius 3 is 1.27 bits per heavy atom. The van der Waals surface area contributed by atoms with E-state index in [2.05, 4.69) is 38.4 Å². The van der Waals surface area contributed by atoms with Gasteiger partial charge in [-0.1, -0.05) is 76.1 Å². The molecule has 2 rings (SSSR count). The van der Waals surface area contributed by atoms with Crippen LogP contribution in [0.4, 0.5) is 0 Å². The first-order valence-electron chi connectivity index (χ1n) is 17.8. The first-order chi connectivity index (χ1) is 29.3. The van der Waals surface area contributed by atoms with Crippen LogP contribution in [0.3, 0.4) is 0 Å². The van der Waals surface area contributed by atoms with Gasteiger partial charge in [-0.15, -0.1) is 0 Å². The number of thiol groups is 1. The van der Waals surface area contributed by atoms with E-state index < -0.39 is 105 Å². The predicted octanol–water partition coefficient (Wildman–Crippen LogP) is -3.42. The number of carboxylic acid groups (broad SMARTS) is 1. The molecule has 10 N–H and O–H groups in total. The molecule has 0 aromatic heterocycles. The molecule has 7 atom stereocenters. The zero-order valence-corrected chi connectivity index (χ0v) is 43.2. The van der Waals surface area contributed by atoms with Crippen molar-refractivity contribution in [2.45, 2.75) is 85.1 Å². The van der Waals surface area contributed by atoms with Crippen LogP contribution in [0.2, 0.25) is 0 Å². The minimum atomic E-state index is -2.47. The number of alkyl halides is 1. The third-order valence-corrected chi connectivity index (χ3v) is 8.56. The highest BCUT2D eigenvalue weighted by Crippen LogP contribution is 2.17. The maximum atomic E-state index is 10.3. The van der Waals surface area contributed by atoms with Crippen molar-refractivity contribution in [3.05, 3.63) is 0 Å². The standard InChI is InChI=1S/C6H13NO2S.C5H11NO2S.C4H11NO2S.C3H10N2O2S.C2H5NO4S.C2H6O2S.C2H6S.CH3ClO.CH5NO3S.CH4O2/c8-10(9)7-6-4-2-1-3-5-6;7-9(8)6-4-2-1-3-5-6;1-4(2)3-5-8(6)7;1-5(2)3-4-8(6)7;4-2(5)1-3-8(6)7;1-2-5(3)4;1-2-3;2-1-3;3-1-2-6(4)5;2-1-3/h6-7H,1-5H2,(H,8,9);1-5H2,(H,7,8);4-5H,3H2,1-2H3,(H,6,7);4H,3H2,1-2H3,(H,6,7);3H,1H2,(H,4,5)(H,6,7);2H2,1H3,(H,3,4);3H,2H2,1H3;3H,1H2;2-3H,1H2,(H,4,5);2-3H,1H2/p-7. The summed E-state index contributed by atoms with van der Waals surface area (Å²) in [6.07, 6.45) is 8.81. The molecular formula is C27H67ClN7O20S8-7. The van der Waals surface area contributed by atoms with Crippen molar-refractivity contribution in [3.63, 3.8) is 0 Å². The quantitative estimate of drug-likeness (QED) is 0.0329. The summed E-state index contributed by atoms with van der Waals surface area (Å²) in [5.74, 6) is 0.349. The third kappa shape index (κ3) is 115. The fraction of sp³-hybridized carbons (Fsp3) is 0.963. The summed E-state index contributed by atoms with van der Waals surface area (Å²) in [6, 6.07) is -0.0629. The Balaban J connectivity index is -0.0000000911. The Hall–Kier alpha value is 0.440. The smallest absolute Gasteiger partial charge is 0.318 e. The molecule has 392 valence electrons. The van der Waals surface area contributed by atoms with Crippen LogP contribution in [0, 0.1) is 5.92 Å². The molecule has 63 heavy (non-hydrogen) atoms. The lowest BCUT2D eigenvalue weighted by Crippen LogP contribution is -2.32. The van der Waals surface area contributed by atoms with Crippen LogP contribution in [-0.2, 0) is 83.5 Å². The minimum Gasteiger partial charge on any atom is -0.772 e. The van der Waals surface area contributed by atoms with Crippen molar-refractivity contribution in [2.75, 3.05) is 78.0 Å². The molecule has 27 nitrogen and oxygen atoms in total. The van der Waals surface area contributed by atoms with Gasteiger partial charge in [-0.3, -0.25) is 39.2 Å². The number of piperidine rings is 1. The highest BCUT2D eigenvalue weighted by Gasteiger charge is 2.12. The van der Waals surface area contributed by atoms with E-state index in [9.17, 15) is 66.1 Å². The second-order valence-corrected chi connectivity index (χ2v) is 17.9. The molecule has 7 unspecified atom stereocenters. The van der Waals surface area contributed by atoms with Crippen LogP contribution in [0.1, 0.15) is 79.1 Å². The minimum absolute atomic E-state index is 0.215. The van der Waals surface area contributed by atoms with Gasteiger partial charge in [0.15, 0.2) is 0 Å². The largest absolute Gasteiger partial charge is 0.772 e. The molecule has 2 fully saturated rings. The van der Waals surface area contributed by atoms with Gasteiger partial charge in [-0.2, -0.15) is 12.6 Å². The van der Waals surface area contributed by atoms with Gasteiger partial charge in [-0.25, -0.2) is 27.9 Å². The number of aliphatic hydroxyl groups is 4. The number of nitrogens with zero attached hydrogens (tertiary/aromatic N) is 2. The van der Waals surface area contributed by atoms with E-state index in [4.69, 9.17) is 25.5 Å². The fourth-order valence-corrected chi connectivity index (χ4v) is 5.20. The van der Waals surface area contributed by atoms with E-state index >= 15 is 0 Å². The lowest BCUT2D eigenvalue weighted by atomic mass is 9.96. The Kier molecular flexibility index (Phi) is 85.2. The van der Waals surface area contributed by atoms with Crippen LogP contribution in [-0.4, -0.2) is 186 Å². The Bertz CT molecular complexity index is 1090. The molecule has 0 bridgehead atoms. The molecule has 36 heteroatoms. The van der Waals surface area contributed by atoms with Gasteiger partial charge in [0.05, 0.1) is 6.67 Å². The van der Waals surface area contributed by atoms with Crippen molar-refractivity contribution in [3.8, 4) is 0 Å². The van der Waals surface area contributed by atoms with Crippen LogP contribution >= 0.6 is 24.2 Å². The molecule has 1 heterocycles. The van der Waals surface area contributed by atoms with Crippen molar-refractivity contribution in [1.82, 2.24) is 32.8 Å². The number of hydrogen-bond donors (Lipinski definition) is 11. The highest BCUT2D eigenvalue weighted by atomic mass is 35.5. The normalized spacial score (nSPS) is 16.3. The number of halogens is 1. The second kappa shape index (κ2) is 66.7. The lowest BCUT2D eigenvalue weighted by molar-refractivity contribution is -0.135. The van der Waals surface area contributed by atoms with Gasteiger partial charge in [0.2, 0.25) is 0 Å². The van der Waals surface area contributed by atoms with Crippen LogP contribution in [0.5, 0.6) is 0 Å². The van der Waals surface area contributed by atoms with Crippen LogP contribution in [0.25, 0.3) is 0 Å². The van der Waals surface area contributed by atoms with E-state index in [1.807, 2.05) is 20.8 Å². The third-order valence-electron chi connectivity index (χ3n) is 5.26. The summed E-state index contributed by atoms with van der Waals surface area (Å²) >= 11 is -6.51. The first kappa shape index (κ1) is 80.5. The molecule has 0 spiro atoms. The fourth-order valence-electron chi connectivity index (χ4n) is 2.96. The average Bonchev–Trinajstić information content (AvgIpc) is 3.18. The first-order valence-corrected chi connectivity index (χ1v) is 26.6. The average molecular weight is 1100 g/mol. The number of nitrogens with one attached hydrogen (secondary N) is 5. The lowest BCUT2D eigenvalue weighted by Gasteiger charge is -2.27. The van der Waals surface area contributed by atoms with E-state index in [0.717, 1.165) is 57.4 Å². The van der Waals surface area contributed by atoms with Crippen LogP contribution < -0.4 is 23.6 Å². The molecule has 1 saturated heterocycles. The highest BCUT2D eigenvalue weighted by molar-refractivity contribution is 7.80. The number of carboxylic acids is 1. The summed E-state index contributed by atoms with van der Waals surface area (Å²) in [7, 11) is 3.56. The number of hydrogen-bond acceptors (Lipinski definition) is 21. The topological polar surface area (TPSA) is 466 Å². The second-order valence-electron chi connectivity index (χ2n) is 11.1. The number of aliphatic carboxylic acids is 1. The molecule has 1 saturated carbocycles. The number of aliphatic hydroxyl groups excluding tert-OH is 3. The molecule has 0 amide bonds. The Morgan fingerprint density at radius 1 is 0.730 bits per heavy atom. The zero-order chi connectivity index (χ0) is 51.2. The molecular weight excluding hydrogens is 1030 g/mol. The zero-order valence-electron chi connectivity index (χ0n) is 35.8. The summed E-state index contributed by atoms with van der Waals surface area (Å²) in [4.78, 5) is 11.3. The van der Waals surface area contributed by atoms with Crippen molar-refractivity contribution in [1.29, 1.82) is 0 Å². The van der Waals surface area contributed by atoms with Crippen molar-refractivity contribution >= 4 is 109 Å². The molecule has 1 aliphatic heterocycles. The number of rotatable bonds is 15. The SMILES string of the molecule is CC(C)CNS(=O)[O-].CCS.CCS(=O)[O-].CN(C)CNS(=O)[O-].O=C(O)CNS(=O)[O-].O=S([O-])N1CCCCC1.O=S([O-])NC1CCCCC1.O=S([O-])NCO.OCCl.OCO. The molecule has 2 aliphatic rings. The Morgan fingerprint density at radius 2 is 1.10 bits per heavy atom. The Labute approximate surface area is 400 Å². The molecule has 0 aromatic rings. The summed E-state index contributed by atoms with van der Waals surface area (Å²) in [5, 5.41) is 37.1. The van der Waals surface area contributed by atoms with Gasteiger partial charge in [-0.05, 0) is 51.4 Å². The van der Waals surface area contributed by atoms with Crippen molar-refractivity contribution < 1.29 is 91.7 Å². The molecule has 1 aliphatic carbocycles. The number of carbonyl (C=O) groups is 1. The molecule has 0 aromatic carbocycles. The van der Waals surface area contributed by atoms with E-state index in [1.165, 1.54) is 17.1 Å². The van der Waals surface area contributed by atoms with Gasteiger partial charge >= 0.3 is 5.97 Å². The molecule has 0 radical (unpaired) electrons. The summed E-state index contributed by atoms with van der Waals surface area (Å²) in [5.41, 5.74) is 0. The van der Waals surface area contributed by atoms with Gasteiger partial charge in [0, 0.05) is 99.0 Å². The van der Waals surface area contributed by atoms with E-state index in [0.29, 0.717) is 19.1 Å². The van der Waals surface area contributed by atoms with Crippen LogP contribution in [0.15, 0.2) is 0 Å². The van der Waals surface area contributed by atoms with Gasteiger partial charge in [0.1, 0.15) is 26.1 Å². The monoisotopic (exact) mass is 1100 g/mol. The van der Waals surface area contributed by atoms with Crippen molar-refractivity contribution in [2.24, 2.45) is 5.92 Å². The van der Waals surface area contributed by atoms with E-state index in [-0.39, 0.29) is 17.9 Å². The maximum Gasteiger partial charge on any atom is 0.318 e. The summed E-state index contributed by atoms with van der Waals surface area (Å²) in [6.45, 7) is 7.94. The summed E-state index contributed by atoms with van der Waals surface area (Å²) < 4.78 is 148. The predicted molar refractivity (Wildman–Crippen MR) is 241 cm³/mol. The van der Waals surface area contributed by atoms with Gasteiger partial charge < -0.3 is 57.4 Å². The van der Waals surface area contributed by atoms with Gasteiger partial charge in [0.25, 0.3) is 0 Å².